The Morgan fingerprint density at radius 1 is 0.280 bits per heavy atom. The number of rotatable bonds is 8. The Balaban J connectivity index is -0.000000669. The molecule has 0 saturated heterocycles. The first-order valence-electron chi connectivity index (χ1n) is 47.5. The fourth-order valence-electron chi connectivity index (χ4n) is 14.7. The van der Waals surface area contributed by atoms with Crippen molar-refractivity contribution in [1.29, 1.82) is 0 Å². The lowest BCUT2D eigenvalue weighted by Crippen LogP contribution is -2.53. The van der Waals surface area contributed by atoms with Gasteiger partial charge < -0.3 is 19.6 Å². The molecule has 6 nitrogen and oxygen atoms in total. The smallest absolute Gasteiger partial charge is 0.0520 e. The van der Waals surface area contributed by atoms with Crippen LogP contribution in [0.4, 0.5) is 22.7 Å². The monoisotopic (exact) mass is 1640 g/mol. The lowest BCUT2D eigenvalue weighted by atomic mass is 9.82. The maximum atomic E-state index is 8.63. The summed E-state index contributed by atoms with van der Waals surface area (Å²) in [5.41, 5.74) is 18.9. The number of aliphatic imine (C=N–C) groups is 2. The Labute approximate surface area is 748 Å². The van der Waals surface area contributed by atoms with E-state index in [1.165, 1.54) is 56.0 Å². The van der Waals surface area contributed by atoms with Crippen LogP contribution in [0.1, 0.15) is 476 Å². The molecular weight excluding hydrogens is 1430 g/mol. The van der Waals surface area contributed by atoms with Crippen LogP contribution in [0.15, 0.2) is 106 Å². The summed E-state index contributed by atoms with van der Waals surface area (Å²) in [5, 5.41) is 0. The third kappa shape index (κ3) is 48.1. The Morgan fingerprint density at radius 3 is 0.602 bits per heavy atom. The van der Waals surface area contributed by atoms with Crippen LogP contribution >= 0.6 is 0 Å². The van der Waals surface area contributed by atoms with Crippen LogP contribution in [-0.4, -0.2) is 67.8 Å². The van der Waals surface area contributed by atoms with Crippen molar-refractivity contribution in [3.8, 4) is 0 Å². The number of allylic oxidation sites excluding steroid dienone is 4. The van der Waals surface area contributed by atoms with Crippen molar-refractivity contribution < 1.29 is 6.85 Å². The highest BCUT2D eigenvalue weighted by Crippen LogP contribution is 2.46. The summed E-state index contributed by atoms with van der Waals surface area (Å²) >= 11 is 0. The van der Waals surface area contributed by atoms with E-state index in [-0.39, 0.29) is 77.0 Å². The Hall–Kier alpha value is -5.10. The fraction of sp³-hybridized carbons (Fsp3) is 0.732. The van der Waals surface area contributed by atoms with Crippen LogP contribution in [0.25, 0.3) is 0 Å². The van der Waals surface area contributed by atoms with Crippen molar-refractivity contribution in [2.75, 3.05) is 19.6 Å². The highest BCUT2D eigenvalue weighted by molar-refractivity contribution is 5.68. The molecule has 684 valence electrons. The third-order valence-electron chi connectivity index (χ3n) is 18.5. The zero-order chi connectivity index (χ0) is 99.8. The molecule has 0 aliphatic rings. The minimum absolute atomic E-state index is 0.0767. The van der Waals surface area contributed by atoms with Gasteiger partial charge in [-0.3, -0.25) is 9.98 Å². The van der Waals surface area contributed by atoms with E-state index < -0.39 is 18.6 Å². The number of benzene rings is 4. The van der Waals surface area contributed by atoms with Crippen LogP contribution in [0, 0.1) is 60.2 Å². The first-order chi connectivity index (χ1) is 53.3. The lowest BCUT2D eigenvalue weighted by molar-refractivity contribution is 0.377. The normalized spacial score (nSPS) is 14.6. The maximum absolute atomic E-state index is 8.63. The van der Waals surface area contributed by atoms with Crippen molar-refractivity contribution in [2.24, 2.45) is 42.5 Å². The first kappa shape index (κ1) is 109. The summed E-state index contributed by atoms with van der Waals surface area (Å²) in [5.74, 6) is -0.367. The molecule has 0 N–H and O–H groups in total. The molecule has 0 unspecified atom stereocenters. The van der Waals surface area contributed by atoms with Crippen LogP contribution in [0.3, 0.4) is 0 Å². The van der Waals surface area contributed by atoms with Gasteiger partial charge in [0.05, 0.1) is 11.1 Å². The van der Waals surface area contributed by atoms with E-state index in [4.69, 9.17) is 6.85 Å². The maximum Gasteiger partial charge on any atom is 0.0520 e. The molecule has 0 heterocycles. The van der Waals surface area contributed by atoms with E-state index >= 15 is 0 Å². The number of aryl methyl sites for hydroxylation is 4. The molecule has 118 heavy (non-hydrogen) atoms. The summed E-state index contributed by atoms with van der Waals surface area (Å²) in [4.78, 5) is 18.9. The summed E-state index contributed by atoms with van der Waals surface area (Å²) in [6.45, 7) is 131. The second-order valence-corrected chi connectivity index (χ2v) is 51.2. The zero-order valence-corrected chi connectivity index (χ0v) is 90.6. The van der Waals surface area contributed by atoms with Crippen LogP contribution in [0.5, 0.6) is 0 Å². The molecule has 0 atom stereocenters. The molecule has 0 amide bonds. The Kier molecular flexibility index (Phi) is 41.5. The van der Waals surface area contributed by atoms with E-state index in [9.17, 15) is 0 Å². The lowest BCUT2D eigenvalue weighted by Gasteiger charge is -2.49. The van der Waals surface area contributed by atoms with Gasteiger partial charge in [0.2, 0.25) is 0 Å². The highest BCUT2D eigenvalue weighted by Gasteiger charge is 2.39. The van der Waals surface area contributed by atoms with Crippen LogP contribution in [-0.2, 0) is 0 Å². The molecule has 0 fully saturated rings. The number of para-hydroxylation sites is 4. The molecule has 4 rings (SSSR count). The average molecular weight is 1640 g/mol. The molecule has 4 aromatic carbocycles. The molecular formula is C112H206N6. The number of nitrogens with zero attached hydrogens (tertiary/aromatic N) is 6. The molecule has 0 aromatic heterocycles. The molecule has 0 spiro atoms. The Morgan fingerprint density at radius 2 is 0.466 bits per heavy atom. The number of hydrogen-bond acceptors (Lipinski definition) is 6. The SMILES string of the molecule is C/C(=C/C(C)(C)C)C(C)(C)C.CC(C)(C)C=NC(C)(C)C.CC(C)(C)C=NC(C)(C)C.CC(C)c1cccc(C(C)C)c1N(C(C)(C)C)C(C)(C)C.Cc1cccc(C)c1N(C(C)(C)C)C(C)(C)C.Cc1cccc(C)c1N(C(C)(C)C)C(C)(C)C.[2H]C(C)(C)c1cccc(C([2H])(C)C)c1N(C(C)(C)C)C(C)(C)C.[2H]C([2H])([2H])/C(=C/C(C)(C)C)C(C)(C)C. The quantitative estimate of drug-likeness (QED) is 0.130. The van der Waals surface area contributed by atoms with Gasteiger partial charge >= 0.3 is 0 Å². The second-order valence-electron chi connectivity index (χ2n) is 51.2. The molecule has 6 heteroatoms. The minimum atomic E-state index is -1.98. The van der Waals surface area contributed by atoms with Crippen molar-refractivity contribution in [3.05, 3.63) is 141 Å². The van der Waals surface area contributed by atoms with Crippen molar-refractivity contribution in [1.82, 2.24) is 0 Å². The topological polar surface area (TPSA) is 37.7 Å². The van der Waals surface area contributed by atoms with Gasteiger partial charge in [-0.15, -0.1) is 0 Å². The van der Waals surface area contributed by atoms with Gasteiger partial charge in [-0.05, 0) is 350 Å². The van der Waals surface area contributed by atoms with E-state index in [0.717, 1.165) is 16.8 Å². The third-order valence-corrected chi connectivity index (χ3v) is 18.5. The van der Waals surface area contributed by atoms with Crippen molar-refractivity contribution >= 4 is 35.2 Å². The van der Waals surface area contributed by atoms with Crippen LogP contribution < -0.4 is 19.6 Å². The van der Waals surface area contributed by atoms with E-state index in [1.807, 2.05) is 106 Å². The van der Waals surface area contributed by atoms with E-state index in [0.29, 0.717) is 28.2 Å². The van der Waals surface area contributed by atoms with Gasteiger partial charge in [-0.2, -0.15) is 0 Å². The first-order valence-corrected chi connectivity index (χ1v) is 45.0. The predicted octanol–water partition coefficient (Wildman–Crippen LogP) is 35.9. The van der Waals surface area contributed by atoms with Gasteiger partial charge in [-0.25, -0.2) is 0 Å². The van der Waals surface area contributed by atoms with Gasteiger partial charge in [0.25, 0.3) is 0 Å². The fourth-order valence-corrected chi connectivity index (χ4v) is 14.7. The van der Waals surface area contributed by atoms with Gasteiger partial charge in [-0.1, -0.05) is 276 Å². The highest BCUT2D eigenvalue weighted by atomic mass is 15.3. The van der Waals surface area contributed by atoms with Gasteiger partial charge in [0, 0.05) is 86.3 Å². The van der Waals surface area contributed by atoms with Gasteiger partial charge in [0.1, 0.15) is 0 Å². The largest absolute Gasteiger partial charge is 0.361 e. The molecule has 0 aliphatic carbocycles. The molecule has 0 aliphatic heterocycles. The summed E-state index contributed by atoms with van der Waals surface area (Å²) in [6.07, 6.45) is 8.27. The second kappa shape index (κ2) is 45.0. The number of anilines is 4. The van der Waals surface area contributed by atoms with Gasteiger partial charge in [0.15, 0.2) is 0 Å². The standard InChI is InChI=1S/2C20H35N.2C16H27N.2C11H22.2C9H19N/c2*1-14(2)16-12-11-13-17(15(3)4)18(16)21(19(5,6)7)20(8,9)10;2*1-12-10-9-11-13(2)14(12)17(15(3,4)5)16(6,7)8;2*1-9(11(5,6)7)8-10(2,3)4;2*1-8(2,3)7-10-9(4,5)6/h2*11-15H,1-10H3;2*9-11H,1-8H3;2*8H,1-7H3;2*7H,1-6H3/b;;;;2*9-8-;;/i14D,15D;;;;1D3;;;. The summed E-state index contributed by atoms with van der Waals surface area (Å²) in [6, 6.07) is 26.0. The Bertz CT molecular complexity index is 3590. The minimum Gasteiger partial charge on any atom is -0.361 e. The summed E-state index contributed by atoms with van der Waals surface area (Å²) in [7, 11) is 0. The van der Waals surface area contributed by atoms with E-state index in [1.54, 1.807) is 0 Å². The molecule has 0 saturated carbocycles. The van der Waals surface area contributed by atoms with Crippen molar-refractivity contribution in [3.63, 3.8) is 0 Å². The average Bonchev–Trinajstić information content (AvgIpc) is 0.749. The number of hydrogen-bond donors (Lipinski definition) is 0. The summed E-state index contributed by atoms with van der Waals surface area (Å²) < 4.78 is 39.7. The molecule has 0 bridgehead atoms. The molecule has 0 radical (unpaired) electrons. The van der Waals surface area contributed by atoms with E-state index in [2.05, 4.69) is 443 Å². The zero-order valence-electron chi connectivity index (χ0n) is 95.6. The molecule has 4 aromatic rings. The van der Waals surface area contributed by atoms with Crippen LogP contribution in [0.2, 0.25) is 0 Å². The van der Waals surface area contributed by atoms with Crippen molar-refractivity contribution in [2.45, 2.75) is 508 Å². The predicted molar refractivity (Wildman–Crippen MR) is 550 cm³/mol.